The normalized spacial score (nSPS) is 15.8. The van der Waals surface area contributed by atoms with Gasteiger partial charge in [0.05, 0.1) is 6.61 Å². The minimum atomic E-state index is -0.207. The number of hydrogen-bond acceptors (Lipinski definition) is 3. The Labute approximate surface area is 150 Å². The number of nitrogens with one attached hydrogen (secondary N) is 2. The lowest BCUT2D eigenvalue weighted by atomic mass is 10.1. The Morgan fingerprint density at radius 2 is 1.96 bits per heavy atom. The second kappa shape index (κ2) is 9.91. The van der Waals surface area contributed by atoms with Crippen LogP contribution < -0.4 is 10.6 Å². The zero-order chi connectivity index (χ0) is 18.1. The van der Waals surface area contributed by atoms with Crippen molar-refractivity contribution in [2.24, 2.45) is 4.99 Å². The predicted octanol–water partition coefficient (Wildman–Crippen LogP) is 2.32. The molecule has 1 aliphatic rings. The number of piperidine rings is 1. The molecule has 1 saturated heterocycles. The van der Waals surface area contributed by atoms with Crippen LogP contribution in [0.4, 0.5) is 4.79 Å². The van der Waals surface area contributed by atoms with E-state index in [2.05, 4.69) is 46.8 Å². The van der Waals surface area contributed by atoms with Gasteiger partial charge in [0.15, 0.2) is 5.96 Å². The highest BCUT2D eigenvalue weighted by atomic mass is 16.6. The van der Waals surface area contributed by atoms with E-state index < -0.39 is 0 Å². The molecule has 0 unspecified atom stereocenters. The standard InChI is InChI=1S/C19H30N4O2/c1-4-25-19(24)23-13-10-17(11-14-23)22-18(20-3)21-12-9-16-7-5-15(2)6-8-16/h5-8,17H,4,9-14H2,1-3H3,(H2,20,21,22). The van der Waals surface area contributed by atoms with Crippen molar-refractivity contribution in [3.63, 3.8) is 0 Å². The largest absolute Gasteiger partial charge is 0.450 e. The first-order valence-corrected chi connectivity index (χ1v) is 9.06. The van der Waals surface area contributed by atoms with E-state index in [1.54, 1.807) is 11.9 Å². The van der Waals surface area contributed by atoms with E-state index in [-0.39, 0.29) is 6.09 Å². The number of benzene rings is 1. The number of carbonyl (C=O) groups is 1. The average Bonchev–Trinajstić information content (AvgIpc) is 2.63. The van der Waals surface area contributed by atoms with E-state index in [0.717, 1.165) is 44.9 Å². The number of guanidine groups is 1. The van der Waals surface area contributed by atoms with Gasteiger partial charge in [0.2, 0.25) is 0 Å². The Bertz CT molecular complexity index is 563. The third-order valence-electron chi connectivity index (χ3n) is 4.41. The lowest BCUT2D eigenvalue weighted by Crippen LogP contribution is -2.50. The van der Waals surface area contributed by atoms with Gasteiger partial charge in [0.25, 0.3) is 0 Å². The summed E-state index contributed by atoms with van der Waals surface area (Å²) in [4.78, 5) is 17.8. The Morgan fingerprint density at radius 1 is 1.28 bits per heavy atom. The highest BCUT2D eigenvalue weighted by Gasteiger charge is 2.23. The van der Waals surface area contributed by atoms with Crippen molar-refractivity contribution in [1.29, 1.82) is 0 Å². The summed E-state index contributed by atoms with van der Waals surface area (Å²) in [5.41, 5.74) is 2.60. The van der Waals surface area contributed by atoms with Gasteiger partial charge in [-0.05, 0) is 38.7 Å². The molecule has 138 valence electrons. The third kappa shape index (κ3) is 6.29. The van der Waals surface area contributed by atoms with Crippen LogP contribution in [-0.2, 0) is 11.2 Å². The molecule has 1 fully saturated rings. The highest BCUT2D eigenvalue weighted by Crippen LogP contribution is 2.11. The quantitative estimate of drug-likeness (QED) is 0.634. The number of ether oxygens (including phenoxy) is 1. The molecule has 1 aromatic carbocycles. The van der Waals surface area contributed by atoms with Gasteiger partial charge in [0, 0.05) is 32.7 Å². The Balaban J connectivity index is 1.70. The molecule has 2 rings (SSSR count). The maximum atomic E-state index is 11.7. The third-order valence-corrected chi connectivity index (χ3v) is 4.41. The van der Waals surface area contributed by atoms with Gasteiger partial charge in [-0.3, -0.25) is 4.99 Å². The fourth-order valence-electron chi connectivity index (χ4n) is 2.89. The maximum absolute atomic E-state index is 11.7. The maximum Gasteiger partial charge on any atom is 0.409 e. The van der Waals surface area contributed by atoms with Crippen LogP contribution in [0.5, 0.6) is 0 Å². The lowest BCUT2D eigenvalue weighted by molar-refractivity contribution is 0.0963. The van der Waals surface area contributed by atoms with Crippen LogP contribution in [0.25, 0.3) is 0 Å². The van der Waals surface area contributed by atoms with Crippen molar-refractivity contribution in [1.82, 2.24) is 15.5 Å². The van der Waals surface area contributed by atoms with Crippen LogP contribution in [0.3, 0.4) is 0 Å². The zero-order valence-electron chi connectivity index (χ0n) is 15.5. The minimum Gasteiger partial charge on any atom is -0.450 e. The molecule has 0 radical (unpaired) electrons. The molecule has 0 aromatic heterocycles. The first-order chi connectivity index (χ1) is 12.1. The molecule has 1 aromatic rings. The zero-order valence-corrected chi connectivity index (χ0v) is 15.5. The fraction of sp³-hybridized carbons (Fsp3) is 0.579. The molecule has 6 nitrogen and oxygen atoms in total. The van der Waals surface area contributed by atoms with Crippen LogP contribution >= 0.6 is 0 Å². The van der Waals surface area contributed by atoms with Crippen LogP contribution in [0.1, 0.15) is 30.9 Å². The van der Waals surface area contributed by atoms with Gasteiger partial charge in [-0.2, -0.15) is 0 Å². The SMILES string of the molecule is CCOC(=O)N1CCC(NC(=NC)NCCc2ccc(C)cc2)CC1. The molecule has 25 heavy (non-hydrogen) atoms. The van der Waals surface area contributed by atoms with Crippen molar-refractivity contribution in [3.05, 3.63) is 35.4 Å². The van der Waals surface area contributed by atoms with Crippen LogP contribution in [0.2, 0.25) is 0 Å². The summed E-state index contributed by atoms with van der Waals surface area (Å²) in [5.74, 6) is 0.821. The summed E-state index contributed by atoms with van der Waals surface area (Å²) in [5, 5.41) is 6.82. The van der Waals surface area contributed by atoms with Crippen molar-refractivity contribution < 1.29 is 9.53 Å². The number of rotatable bonds is 5. The number of likely N-dealkylation sites (tertiary alicyclic amines) is 1. The number of nitrogens with zero attached hydrogens (tertiary/aromatic N) is 2. The molecule has 2 N–H and O–H groups in total. The summed E-state index contributed by atoms with van der Waals surface area (Å²) in [7, 11) is 1.79. The van der Waals surface area contributed by atoms with E-state index >= 15 is 0 Å². The molecule has 0 aliphatic carbocycles. The number of aryl methyl sites for hydroxylation is 1. The van der Waals surface area contributed by atoms with Gasteiger partial charge < -0.3 is 20.3 Å². The number of amides is 1. The Hall–Kier alpha value is -2.24. The Kier molecular flexibility index (Phi) is 7.57. The molecule has 0 bridgehead atoms. The van der Waals surface area contributed by atoms with E-state index in [4.69, 9.17) is 4.74 Å². The van der Waals surface area contributed by atoms with Crippen molar-refractivity contribution in [3.8, 4) is 0 Å². The minimum absolute atomic E-state index is 0.207. The van der Waals surface area contributed by atoms with E-state index in [1.807, 2.05) is 6.92 Å². The molecule has 6 heteroatoms. The van der Waals surface area contributed by atoms with Gasteiger partial charge >= 0.3 is 6.09 Å². The molecular weight excluding hydrogens is 316 g/mol. The highest BCUT2D eigenvalue weighted by molar-refractivity contribution is 5.80. The van der Waals surface area contributed by atoms with Crippen molar-refractivity contribution in [2.75, 3.05) is 33.3 Å². The Morgan fingerprint density at radius 3 is 2.56 bits per heavy atom. The molecule has 1 aliphatic heterocycles. The topological polar surface area (TPSA) is 66.0 Å². The number of aliphatic imine (C=N–C) groups is 1. The summed E-state index contributed by atoms with van der Waals surface area (Å²) in [6.07, 6.45) is 2.55. The molecule has 0 saturated carbocycles. The summed E-state index contributed by atoms with van der Waals surface area (Å²) < 4.78 is 5.05. The first kappa shape index (κ1) is 19.1. The lowest BCUT2D eigenvalue weighted by Gasteiger charge is -2.32. The van der Waals surface area contributed by atoms with Gasteiger partial charge in [-0.15, -0.1) is 0 Å². The smallest absolute Gasteiger partial charge is 0.409 e. The molecule has 0 spiro atoms. The average molecular weight is 346 g/mol. The van der Waals surface area contributed by atoms with E-state index in [0.29, 0.717) is 12.6 Å². The van der Waals surface area contributed by atoms with E-state index in [9.17, 15) is 4.79 Å². The second-order valence-electron chi connectivity index (χ2n) is 6.34. The van der Waals surface area contributed by atoms with Crippen LogP contribution in [0.15, 0.2) is 29.3 Å². The monoisotopic (exact) mass is 346 g/mol. The van der Waals surface area contributed by atoms with Gasteiger partial charge in [0.1, 0.15) is 0 Å². The van der Waals surface area contributed by atoms with Crippen molar-refractivity contribution >= 4 is 12.1 Å². The molecule has 1 heterocycles. The van der Waals surface area contributed by atoms with Crippen LogP contribution in [-0.4, -0.2) is 56.3 Å². The van der Waals surface area contributed by atoms with Crippen molar-refractivity contribution in [2.45, 2.75) is 39.2 Å². The van der Waals surface area contributed by atoms with Crippen LogP contribution in [0, 0.1) is 6.92 Å². The molecule has 1 amide bonds. The van der Waals surface area contributed by atoms with Gasteiger partial charge in [-0.25, -0.2) is 4.79 Å². The fourth-order valence-corrected chi connectivity index (χ4v) is 2.89. The summed E-state index contributed by atoms with van der Waals surface area (Å²) in [6, 6.07) is 8.94. The summed E-state index contributed by atoms with van der Waals surface area (Å²) >= 11 is 0. The molecule has 0 atom stereocenters. The first-order valence-electron chi connectivity index (χ1n) is 9.06. The molecular formula is C19H30N4O2. The second-order valence-corrected chi connectivity index (χ2v) is 6.34. The van der Waals surface area contributed by atoms with E-state index in [1.165, 1.54) is 11.1 Å². The summed E-state index contributed by atoms with van der Waals surface area (Å²) in [6.45, 7) is 6.63. The number of carbonyl (C=O) groups excluding carboxylic acids is 1. The number of hydrogen-bond donors (Lipinski definition) is 2. The van der Waals surface area contributed by atoms with Gasteiger partial charge in [-0.1, -0.05) is 29.8 Å². The predicted molar refractivity (Wildman–Crippen MR) is 101 cm³/mol.